The summed E-state index contributed by atoms with van der Waals surface area (Å²) in [4.78, 5) is 23.9. The number of carbonyl (C=O) groups excluding carboxylic acids is 2. The normalized spacial score (nSPS) is 14.3. The number of rotatable bonds is 8. The fraction of sp³-hybridized carbons (Fsp3) is 0.304. The van der Waals surface area contributed by atoms with Gasteiger partial charge in [-0.15, -0.1) is 0 Å². The van der Waals surface area contributed by atoms with Gasteiger partial charge in [0.25, 0.3) is 15.9 Å². The molecule has 3 rings (SSSR count). The van der Waals surface area contributed by atoms with Crippen LogP contribution in [0.25, 0.3) is 6.08 Å². The predicted octanol–water partition coefficient (Wildman–Crippen LogP) is 2.91. The number of fused-ring (bicyclic) bond motifs is 1. The van der Waals surface area contributed by atoms with Crippen molar-refractivity contribution in [2.24, 2.45) is 0 Å². The van der Waals surface area contributed by atoms with Crippen molar-refractivity contribution in [1.82, 2.24) is 5.32 Å². The number of anilines is 1. The summed E-state index contributed by atoms with van der Waals surface area (Å²) >= 11 is 0. The van der Waals surface area contributed by atoms with Crippen LogP contribution in [0.15, 0.2) is 59.5 Å². The van der Waals surface area contributed by atoms with Gasteiger partial charge in [0, 0.05) is 19.2 Å². The average molecular weight is 443 g/mol. The second-order valence-electron chi connectivity index (χ2n) is 7.23. The molecule has 1 unspecified atom stereocenters. The maximum absolute atomic E-state index is 13.0. The fourth-order valence-corrected chi connectivity index (χ4v) is 4.76. The predicted molar refractivity (Wildman–Crippen MR) is 119 cm³/mol. The topological polar surface area (TPSA) is 92.8 Å². The van der Waals surface area contributed by atoms with E-state index >= 15 is 0 Å². The van der Waals surface area contributed by atoms with E-state index in [1.54, 1.807) is 12.1 Å². The summed E-state index contributed by atoms with van der Waals surface area (Å²) in [5.74, 6) is -0.994. The van der Waals surface area contributed by atoms with Crippen molar-refractivity contribution in [1.29, 1.82) is 0 Å². The highest BCUT2D eigenvalue weighted by molar-refractivity contribution is 7.92. The molecule has 8 heteroatoms. The molecular formula is C23H26N2O5S. The van der Waals surface area contributed by atoms with Crippen LogP contribution in [0.2, 0.25) is 0 Å². The Morgan fingerprint density at radius 2 is 1.87 bits per heavy atom. The van der Waals surface area contributed by atoms with Gasteiger partial charge in [-0.05, 0) is 55.2 Å². The maximum Gasteiger partial charge on any atom is 0.331 e. The maximum atomic E-state index is 13.0. The molecule has 0 fully saturated rings. The van der Waals surface area contributed by atoms with Gasteiger partial charge in [-0.1, -0.05) is 37.3 Å². The molecular weight excluding hydrogens is 416 g/mol. The first-order valence-electron chi connectivity index (χ1n) is 10.2. The Labute approximate surface area is 182 Å². The molecule has 31 heavy (non-hydrogen) atoms. The molecule has 0 aromatic heterocycles. The number of sulfonamides is 1. The largest absolute Gasteiger partial charge is 0.449 e. The van der Waals surface area contributed by atoms with E-state index in [0.29, 0.717) is 30.8 Å². The standard InChI is InChI=1S/C23H26N2O5S/c1-3-15-24-23(27)17(2)30-22(26)13-10-18-8-11-20(12-9-18)31(28,29)25-16-14-19-6-4-5-7-21(19)25/h4-13,17H,3,14-16H2,1-2H3,(H,24,27)/b13-10+. The molecule has 1 atom stereocenters. The number of carbonyl (C=O) groups is 2. The van der Waals surface area contributed by atoms with E-state index in [2.05, 4.69) is 5.32 Å². The van der Waals surface area contributed by atoms with Gasteiger partial charge in [-0.2, -0.15) is 0 Å². The molecule has 2 aromatic rings. The number of para-hydroxylation sites is 1. The Hall–Kier alpha value is -3.13. The van der Waals surface area contributed by atoms with Crippen LogP contribution in [-0.4, -0.2) is 39.5 Å². The number of hydrogen-bond donors (Lipinski definition) is 1. The minimum atomic E-state index is -3.66. The number of nitrogens with one attached hydrogen (secondary N) is 1. The molecule has 1 N–H and O–H groups in total. The number of nitrogens with zero attached hydrogens (tertiary/aromatic N) is 1. The second-order valence-corrected chi connectivity index (χ2v) is 9.09. The van der Waals surface area contributed by atoms with Crippen molar-refractivity contribution in [2.75, 3.05) is 17.4 Å². The number of ether oxygens (including phenoxy) is 1. The Morgan fingerprint density at radius 1 is 1.16 bits per heavy atom. The van der Waals surface area contributed by atoms with Gasteiger partial charge in [0.05, 0.1) is 10.6 Å². The van der Waals surface area contributed by atoms with E-state index in [-0.39, 0.29) is 10.8 Å². The summed E-state index contributed by atoms with van der Waals surface area (Å²) < 4.78 is 32.6. The Bertz CT molecular complexity index is 1080. The molecule has 0 bridgehead atoms. The molecule has 0 saturated carbocycles. The Morgan fingerprint density at radius 3 is 2.58 bits per heavy atom. The van der Waals surface area contributed by atoms with Gasteiger partial charge in [-0.3, -0.25) is 9.10 Å². The number of esters is 1. The van der Waals surface area contributed by atoms with Crippen molar-refractivity contribution >= 4 is 33.7 Å². The van der Waals surface area contributed by atoms with Crippen LogP contribution >= 0.6 is 0 Å². The third-order valence-corrected chi connectivity index (χ3v) is 6.76. The zero-order valence-corrected chi connectivity index (χ0v) is 18.4. The van der Waals surface area contributed by atoms with Gasteiger partial charge in [0.1, 0.15) is 0 Å². The third-order valence-electron chi connectivity index (χ3n) is 4.94. The lowest BCUT2D eigenvalue weighted by atomic mass is 10.2. The molecule has 164 valence electrons. The van der Waals surface area contributed by atoms with Crippen LogP contribution in [-0.2, 0) is 30.8 Å². The van der Waals surface area contributed by atoms with Gasteiger partial charge in [-0.25, -0.2) is 13.2 Å². The summed E-state index contributed by atoms with van der Waals surface area (Å²) in [7, 11) is -3.66. The SMILES string of the molecule is CCCNC(=O)C(C)OC(=O)/C=C/c1ccc(S(=O)(=O)N2CCc3ccccc32)cc1. The highest BCUT2D eigenvalue weighted by atomic mass is 32.2. The minimum absolute atomic E-state index is 0.185. The molecule has 1 heterocycles. The van der Waals surface area contributed by atoms with E-state index in [4.69, 9.17) is 4.74 Å². The van der Waals surface area contributed by atoms with Crippen LogP contribution in [0.4, 0.5) is 5.69 Å². The van der Waals surface area contributed by atoms with Gasteiger partial charge in [0.15, 0.2) is 6.10 Å². The minimum Gasteiger partial charge on any atom is -0.449 e. The zero-order valence-electron chi connectivity index (χ0n) is 17.6. The molecule has 0 spiro atoms. The van der Waals surface area contributed by atoms with Gasteiger partial charge in [0.2, 0.25) is 0 Å². The zero-order chi connectivity index (χ0) is 22.4. The molecule has 1 aliphatic rings. The Balaban J connectivity index is 1.64. The highest BCUT2D eigenvalue weighted by Crippen LogP contribution is 2.32. The lowest BCUT2D eigenvalue weighted by Crippen LogP contribution is -2.35. The molecule has 0 saturated heterocycles. The summed E-state index contributed by atoms with van der Waals surface area (Å²) in [5.41, 5.74) is 2.37. The van der Waals surface area contributed by atoms with E-state index in [9.17, 15) is 18.0 Å². The first-order valence-corrected chi connectivity index (χ1v) is 11.6. The van der Waals surface area contributed by atoms with Crippen LogP contribution < -0.4 is 9.62 Å². The first-order chi connectivity index (χ1) is 14.8. The van der Waals surface area contributed by atoms with Crippen LogP contribution in [0.1, 0.15) is 31.4 Å². The Kier molecular flexibility index (Phi) is 7.12. The van der Waals surface area contributed by atoms with Gasteiger partial charge < -0.3 is 10.1 Å². The highest BCUT2D eigenvalue weighted by Gasteiger charge is 2.30. The van der Waals surface area contributed by atoms with Crippen molar-refractivity contribution in [3.05, 3.63) is 65.7 Å². The lowest BCUT2D eigenvalue weighted by molar-refractivity contribution is -0.150. The van der Waals surface area contributed by atoms with E-state index in [1.807, 2.05) is 31.2 Å². The van der Waals surface area contributed by atoms with E-state index in [1.165, 1.54) is 35.5 Å². The first kappa shape index (κ1) is 22.6. The van der Waals surface area contributed by atoms with Gasteiger partial charge >= 0.3 is 5.97 Å². The van der Waals surface area contributed by atoms with Crippen LogP contribution in [0, 0.1) is 0 Å². The molecule has 1 aliphatic heterocycles. The molecule has 1 amide bonds. The fourth-order valence-electron chi connectivity index (χ4n) is 3.26. The van der Waals surface area contributed by atoms with Crippen molar-refractivity contribution in [3.8, 4) is 0 Å². The second kappa shape index (κ2) is 9.78. The summed E-state index contributed by atoms with van der Waals surface area (Å²) in [5, 5.41) is 2.66. The summed E-state index contributed by atoms with van der Waals surface area (Å²) in [6.45, 7) is 4.38. The van der Waals surface area contributed by atoms with Crippen molar-refractivity contribution in [2.45, 2.75) is 37.7 Å². The number of amides is 1. The molecule has 7 nitrogen and oxygen atoms in total. The quantitative estimate of drug-likeness (QED) is 0.501. The van der Waals surface area contributed by atoms with Crippen LogP contribution in [0.3, 0.4) is 0 Å². The van der Waals surface area contributed by atoms with Crippen molar-refractivity contribution in [3.63, 3.8) is 0 Å². The number of benzene rings is 2. The molecule has 2 aromatic carbocycles. The lowest BCUT2D eigenvalue weighted by Gasteiger charge is -2.19. The van der Waals surface area contributed by atoms with E-state index < -0.39 is 22.1 Å². The summed E-state index contributed by atoms with van der Waals surface area (Å²) in [6.07, 6.45) is 3.32. The van der Waals surface area contributed by atoms with Crippen molar-refractivity contribution < 1.29 is 22.7 Å². The number of hydrogen-bond acceptors (Lipinski definition) is 5. The van der Waals surface area contributed by atoms with Crippen LogP contribution in [0.5, 0.6) is 0 Å². The molecule has 0 radical (unpaired) electrons. The van der Waals surface area contributed by atoms with E-state index in [0.717, 1.165) is 12.0 Å². The summed E-state index contributed by atoms with van der Waals surface area (Å²) in [6, 6.07) is 13.8. The average Bonchev–Trinajstić information content (AvgIpc) is 3.21. The smallest absolute Gasteiger partial charge is 0.331 e. The third kappa shape index (κ3) is 5.32. The monoisotopic (exact) mass is 442 g/mol. The molecule has 0 aliphatic carbocycles.